The van der Waals surface area contributed by atoms with Crippen LogP contribution in [0.25, 0.3) is 0 Å². The monoisotopic (exact) mass is 284 g/mol. The van der Waals surface area contributed by atoms with Crippen molar-refractivity contribution in [3.05, 3.63) is 12.1 Å². The van der Waals surface area contributed by atoms with Crippen LogP contribution in [0, 0.1) is 0 Å². The second kappa shape index (κ2) is 4.40. The predicted molar refractivity (Wildman–Crippen MR) is 83.7 cm³/mol. The van der Waals surface area contributed by atoms with Gasteiger partial charge in [-0.15, -0.1) is 0 Å². The Labute approximate surface area is 113 Å². The normalized spacial score (nSPS) is 12.9. The van der Waals surface area contributed by atoms with E-state index < -0.39 is 16.1 Å². The van der Waals surface area contributed by atoms with E-state index >= 15 is 0 Å². The number of hydrogen-bond donors (Lipinski definition) is 0. The van der Waals surface area contributed by atoms with E-state index in [2.05, 4.69) is 51.4 Å². The molecule has 0 radical (unpaired) electrons. The van der Waals surface area contributed by atoms with Gasteiger partial charge >= 0.3 is 0 Å². The molecule has 1 aromatic carbocycles. The van der Waals surface area contributed by atoms with Crippen molar-refractivity contribution in [3.8, 4) is 0 Å². The molecule has 0 unspecified atom stereocenters. The van der Waals surface area contributed by atoms with Gasteiger partial charge in [-0.25, -0.2) is 0 Å². The van der Waals surface area contributed by atoms with E-state index in [-0.39, 0.29) is 0 Å². The summed E-state index contributed by atoms with van der Waals surface area (Å²) in [6.07, 6.45) is 0. The molecule has 4 heteroatoms. The van der Waals surface area contributed by atoms with E-state index in [1.165, 1.54) is 10.4 Å². The van der Waals surface area contributed by atoms with E-state index in [0.29, 0.717) is 0 Å². The SMILES string of the molecule is C[Si](C)(C)c1ccc([Si](C)(C)C)c([S-])c1[S-]. The largest absolute Gasteiger partial charge is 0.781 e. The lowest BCUT2D eigenvalue weighted by atomic mass is 10.3. The Bertz CT molecular complexity index is 362. The van der Waals surface area contributed by atoms with Gasteiger partial charge in [-0.05, 0) is 0 Å². The van der Waals surface area contributed by atoms with Crippen molar-refractivity contribution in [2.45, 2.75) is 49.1 Å². The van der Waals surface area contributed by atoms with Crippen LogP contribution in [0.1, 0.15) is 0 Å². The van der Waals surface area contributed by atoms with E-state index in [9.17, 15) is 0 Å². The summed E-state index contributed by atoms with van der Waals surface area (Å²) in [7, 11) is -2.69. The van der Waals surface area contributed by atoms with Gasteiger partial charge in [0.05, 0.1) is 16.1 Å². The fraction of sp³-hybridized carbons (Fsp3) is 0.500. The van der Waals surface area contributed by atoms with E-state index in [1.807, 2.05) is 0 Å². The minimum Gasteiger partial charge on any atom is -0.781 e. The van der Waals surface area contributed by atoms with Crippen LogP contribution < -0.4 is 10.4 Å². The summed E-state index contributed by atoms with van der Waals surface area (Å²) >= 11 is 11.1. The molecule has 1 rings (SSSR count). The van der Waals surface area contributed by atoms with Crippen molar-refractivity contribution < 1.29 is 0 Å². The van der Waals surface area contributed by atoms with Crippen molar-refractivity contribution in [2.75, 3.05) is 0 Å². The highest BCUT2D eigenvalue weighted by Crippen LogP contribution is 2.14. The number of rotatable bonds is 2. The second-order valence-electron chi connectivity index (χ2n) is 6.32. The lowest BCUT2D eigenvalue weighted by molar-refractivity contribution is 1.31. The van der Waals surface area contributed by atoms with Crippen LogP contribution in [-0.2, 0) is 25.3 Å². The third kappa shape index (κ3) is 2.85. The van der Waals surface area contributed by atoms with E-state index in [0.717, 1.165) is 9.79 Å². The summed E-state index contributed by atoms with van der Waals surface area (Å²) in [6, 6.07) is 4.47. The quantitative estimate of drug-likeness (QED) is 0.605. The average molecular weight is 285 g/mol. The topological polar surface area (TPSA) is 0 Å². The first kappa shape index (κ1) is 14.2. The second-order valence-corrected chi connectivity index (χ2v) is 17.2. The van der Waals surface area contributed by atoms with Crippen LogP contribution >= 0.6 is 0 Å². The molecular formula is C12H20S2Si2-2. The molecule has 0 N–H and O–H groups in total. The Morgan fingerprint density at radius 1 is 0.688 bits per heavy atom. The maximum atomic E-state index is 5.55. The van der Waals surface area contributed by atoms with Crippen molar-refractivity contribution in [3.63, 3.8) is 0 Å². The first-order chi connectivity index (χ1) is 7.05. The van der Waals surface area contributed by atoms with Gasteiger partial charge in [0, 0.05) is 0 Å². The third-order valence-electron chi connectivity index (χ3n) is 2.73. The molecule has 0 amide bonds. The van der Waals surface area contributed by atoms with Crippen molar-refractivity contribution >= 4 is 51.8 Å². The zero-order chi connectivity index (χ0) is 12.7. The standard InChI is InChI=1S/C12H22S2Si2/c1-15(2,3)9-7-8-10(16(4,5)6)12(14)11(9)13/h7-8,13-14H,1-6H3/p-2. The maximum absolute atomic E-state index is 5.55. The zero-order valence-corrected chi connectivity index (χ0v) is 14.6. The summed E-state index contributed by atoms with van der Waals surface area (Å²) in [6.45, 7) is 13.9. The van der Waals surface area contributed by atoms with E-state index in [1.54, 1.807) is 0 Å². The Kier molecular flexibility index (Phi) is 3.90. The Balaban J connectivity index is 3.41. The van der Waals surface area contributed by atoms with Crippen molar-refractivity contribution in [2.24, 2.45) is 0 Å². The molecule has 0 saturated carbocycles. The molecule has 1 aromatic rings. The molecule has 0 aliphatic carbocycles. The van der Waals surface area contributed by atoms with Crippen LogP contribution in [0.4, 0.5) is 0 Å². The lowest BCUT2D eigenvalue weighted by Crippen LogP contribution is -2.45. The minimum atomic E-state index is -1.35. The smallest absolute Gasteiger partial charge is 0.0755 e. The van der Waals surface area contributed by atoms with Crippen LogP contribution in [-0.4, -0.2) is 16.1 Å². The van der Waals surface area contributed by atoms with E-state index in [4.69, 9.17) is 25.3 Å². The Morgan fingerprint density at radius 3 is 1.12 bits per heavy atom. The van der Waals surface area contributed by atoms with Gasteiger partial charge in [-0.2, -0.15) is 9.79 Å². The van der Waals surface area contributed by atoms with Gasteiger partial charge in [0.1, 0.15) is 0 Å². The van der Waals surface area contributed by atoms with Crippen molar-refractivity contribution in [1.29, 1.82) is 0 Å². The summed E-state index contributed by atoms with van der Waals surface area (Å²) in [5.41, 5.74) is 0. The van der Waals surface area contributed by atoms with Crippen LogP contribution in [0.3, 0.4) is 0 Å². The van der Waals surface area contributed by atoms with Gasteiger partial charge in [-0.1, -0.05) is 61.8 Å². The minimum absolute atomic E-state index is 0.953. The number of benzene rings is 1. The molecule has 0 spiro atoms. The maximum Gasteiger partial charge on any atom is 0.0755 e. The molecule has 0 nitrogen and oxygen atoms in total. The summed E-state index contributed by atoms with van der Waals surface area (Å²) < 4.78 is 0. The number of hydrogen-bond acceptors (Lipinski definition) is 2. The van der Waals surface area contributed by atoms with Crippen molar-refractivity contribution in [1.82, 2.24) is 0 Å². The van der Waals surface area contributed by atoms with Gasteiger partial charge in [0.15, 0.2) is 0 Å². The summed E-state index contributed by atoms with van der Waals surface area (Å²) in [5.74, 6) is 0. The van der Waals surface area contributed by atoms with Gasteiger partial charge in [0.25, 0.3) is 0 Å². The molecule has 0 fully saturated rings. The fourth-order valence-electron chi connectivity index (χ4n) is 1.74. The summed E-state index contributed by atoms with van der Waals surface area (Å²) in [4.78, 5) is 1.91. The van der Waals surface area contributed by atoms with Gasteiger partial charge in [-0.3, -0.25) is 0 Å². The third-order valence-corrected chi connectivity index (χ3v) is 8.13. The molecule has 0 saturated heterocycles. The molecule has 90 valence electrons. The summed E-state index contributed by atoms with van der Waals surface area (Å²) in [5, 5.41) is 2.68. The van der Waals surface area contributed by atoms with Crippen LogP contribution in [0.2, 0.25) is 39.3 Å². The predicted octanol–water partition coefficient (Wildman–Crippen LogP) is 2.59. The highest BCUT2D eigenvalue weighted by Gasteiger charge is 2.20. The molecule has 0 heterocycles. The molecule has 16 heavy (non-hydrogen) atoms. The molecule has 0 atom stereocenters. The molecule has 0 bridgehead atoms. The average Bonchev–Trinajstić information content (AvgIpc) is 2.05. The zero-order valence-electron chi connectivity index (χ0n) is 11.0. The van der Waals surface area contributed by atoms with Gasteiger partial charge < -0.3 is 25.3 Å². The first-order valence-electron chi connectivity index (χ1n) is 5.57. The van der Waals surface area contributed by atoms with Gasteiger partial charge in [0.2, 0.25) is 0 Å². The lowest BCUT2D eigenvalue weighted by Gasteiger charge is -2.36. The Hall–Kier alpha value is 0.0938. The highest BCUT2D eigenvalue weighted by atomic mass is 32.1. The molecule has 0 aliphatic heterocycles. The first-order valence-corrected chi connectivity index (χ1v) is 13.4. The fourth-order valence-corrected chi connectivity index (χ4v) is 6.90. The molecular weight excluding hydrogens is 264 g/mol. The molecule has 0 aromatic heterocycles. The highest BCUT2D eigenvalue weighted by molar-refractivity contribution is 7.63. The van der Waals surface area contributed by atoms with Crippen LogP contribution in [0.5, 0.6) is 0 Å². The van der Waals surface area contributed by atoms with Crippen LogP contribution in [0.15, 0.2) is 21.9 Å². The molecule has 0 aliphatic rings. The Morgan fingerprint density at radius 2 is 0.938 bits per heavy atom.